The Labute approximate surface area is 157 Å². The Morgan fingerprint density at radius 1 is 1.31 bits per heavy atom. The van der Waals surface area contributed by atoms with Crippen LogP contribution in [0.4, 0.5) is 0 Å². The van der Waals surface area contributed by atoms with E-state index < -0.39 is 11.9 Å². The summed E-state index contributed by atoms with van der Waals surface area (Å²) in [7, 11) is 1.57. The minimum atomic E-state index is -0.949. The fourth-order valence-corrected chi connectivity index (χ4v) is 3.83. The normalized spacial score (nSPS) is 16.2. The summed E-state index contributed by atoms with van der Waals surface area (Å²) in [6.07, 6.45) is 3.65. The van der Waals surface area contributed by atoms with E-state index in [9.17, 15) is 14.4 Å². The van der Waals surface area contributed by atoms with Crippen LogP contribution in [0.3, 0.4) is 0 Å². The van der Waals surface area contributed by atoms with E-state index in [2.05, 4.69) is 4.98 Å². The first kappa shape index (κ1) is 20.2. The van der Waals surface area contributed by atoms with Crippen LogP contribution in [0.25, 0.3) is 0 Å². The van der Waals surface area contributed by atoms with Gasteiger partial charge in [-0.2, -0.15) is 0 Å². The minimum absolute atomic E-state index is 0.0596. The Bertz CT molecular complexity index is 676. The van der Waals surface area contributed by atoms with Gasteiger partial charge in [-0.1, -0.05) is 18.7 Å². The van der Waals surface area contributed by atoms with Gasteiger partial charge in [0.2, 0.25) is 5.91 Å². The number of hydrogen-bond acceptors (Lipinski definition) is 5. The topological polar surface area (TPSA) is 90.8 Å². The number of amides is 2. The molecule has 0 spiro atoms. The molecule has 1 aromatic rings. The SMILES string of the molecule is CC(CN(C)C(=O)c1cccnc1SC(C)C(=O)N1CCCC1)C(=O)O. The molecule has 142 valence electrons. The predicted molar refractivity (Wildman–Crippen MR) is 99.1 cm³/mol. The zero-order valence-electron chi connectivity index (χ0n) is 15.3. The van der Waals surface area contributed by atoms with Crippen molar-refractivity contribution in [3.63, 3.8) is 0 Å². The fraction of sp³-hybridized carbons (Fsp3) is 0.556. The summed E-state index contributed by atoms with van der Waals surface area (Å²) in [5, 5.41) is 9.18. The van der Waals surface area contributed by atoms with Crippen molar-refractivity contribution in [1.82, 2.24) is 14.8 Å². The van der Waals surface area contributed by atoms with E-state index in [1.54, 1.807) is 32.3 Å². The van der Waals surface area contributed by atoms with Gasteiger partial charge in [-0.15, -0.1) is 0 Å². The third kappa shape index (κ3) is 4.97. The van der Waals surface area contributed by atoms with Gasteiger partial charge in [-0.25, -0.2) is 4.98 Å². The lowest BCUT2D eigenvalue weighted by Crippen LogP contribution is -2.35. The van der Waals surface area contributed by atoms with Crippen LogP contribution in [-0.4, -0.2) is 69.6 Å². The van der Waals surface area contributed by atoms with Crippen molar-refractivity contribution in [1.29, 1.82) is 0 Å². The molecule has 2 amide bonds. The first-order valence-electron chi connectivity index (χ1n) is 8.70. The van der Waals surface area contributed by atoms with Crippen LogP contribution < -0.4 is 0 Å². The van der Waals surface area contributed by atoms with Gasteiger partial charge in [0.25, 0.3) is 5.91 Å². The largest absolute Gasteiger partial charge is 0.481 e. The first-order valence-corrected chi connectivity index (χ1v) is 9.58. The number of pyridine rings is 1. The number of carboxylic acids is 1. The van der Waals surface area contributed by atoms with E-state index in [1.807, 2.05) is 11.8 Å². The lowest BCUT2D eigenvalue weighted by molar-refractivity contribution is -0.141. The Hall–Kier alpha value is -2.09. The average Bonchev–Trinajstić information content (AvgIpc) is 3.15. The van der Waals surface area contributed by atoms with Crippen LogP contribution in [0, 0.1) is 5.92 Å². The van der Waals surface area contributed by atoms with Crippen LogP contribution >= 0.6 is 11.8 Å². The lowest BCUT2D eigenvalue weighted by Gasteiger charge is -2.22. The maximum Gasteiger partial charge on any atom is 0.308 e. The summed E-state index contributed by atoms with van der Waals surface area (Å²) in [6.45, 7) is 5.06. The lowest BCUT2D eigenvalue weighted by atomic mass is 10.1. The monoisotopic (exact) mass is 379 g/mol. The standard InChI is InChI=1S/C18H25N3O4S/c1-12(18(24)25)11-20(3)17(23)14-7-6-8-19-15(14)26-13(2)16(22)21-9-4-5-10-21/h6-8,12-13H,4-5,9-11H2,1-3H3,(H,24,25). The zero-order valence-corrected chi connectivity index (χ0v) is 16.2. The zero-order chi connectivity index (χ0) is 19.3. The van der Waals surface area contributed by atoms with Crippen molar-refractivity contribution in [3.8, 4) is 0 Å². The van der Waals surface area contributed by atoms with E-state index in [0.29, 0.717) is 10.6 Å². The second-order valence-corrected chi connectivity index (χ2v) is 7.90. The molecule has 0 aromatic carbocycles. The highest BCUT2D eigenvalue weighted by Crippen LogP contribution is 2.27. The van der Waals surface area contributed by atoms with Crippen LogP contribution in [0.15, 0.2) is 23.4 Å². The molecule has 2 heterocycles. The molecule has 8 heteroatoms. The molecule has 1 fully saturated rings. The molecular weight excluding hydrogens is 354 g/mol. The quantitative estimate of drug-likeness (QED) is 0.729. The smallest absolute Gasteiger partial charge is 0.308 e. The second-order valence-electron chi connectivity index (χ2n) is 6.57. The number of nitrogens with zero attached hydrogens (tertiary/aromatic N) is 3. The summed E-state index contributed by atoms with van der Waals surface area (Å²) < 4.78 is 0. The molecule has 1 saturated heterocycles. The molecule has 1 N–H and O–H groups in total. The molecular formula is C18H25N3O4S. The number of carbonyl (C=O) groups is 3. The molecule has 2 rings (SSSR count). The van der Waals surface area contributed by atoms with Gasteiger partial charge in [-0.3, -0.25) is 14.4 Å². The van der Waals surface area contributed by atoms with Gasteiger partial charge in [0.05, 0.1) is 16.7 Å². The molecule has 7 nitrogen and oxygen atoms in total. The van der Waals surface area contributed by atoms with Gasteiger partial charge >= 0.3 is 5.97 Å². The Morgan fingerprint density at radius 3 is 2.58 bits per heavy atom. The van der Waals surface area contributed by atoms with Crippen molar-refractivity contribution in [3.05, 3.63) is 23.9 Å². The van der Waals surface area contributed by atoms with E-state index in [4.69, 9.17) is 5.11 Å². The number of likely N-dealkylation sites (tertiary alicyclic amines) is 1. The fourth-order valence-electron chi connectivity index (χ4n) is 2.84. The highest BCUT2D eigenvalue weighted by molar-refractivity contribution is 8.00. The number of thioether (sulfide) groups is 1. The molecule has 1 aliphatic heterocycles. The summed E-state index contributed by atoms with van der Waals surface area (Å²) >= 11 is 1.27. The Balaban J connectivity index is 2.10. The van der Waals surface area contributed by atoms with Crippen molar-refractivity contribution in [2.24, 2.45) is 5.92 Å². The third-order valence-corrected chi connectivity index (χ3v) is 5.48. The minimum Gasteiger partial charge on any atom is -0.481 e. The van der Waals surface area contributed by atoms with Gasteiger partial charge in [0.1, 0.15) is 5.03 Å². The van der Waals surface area contributed by atoms with Crippen LogP contribution in [0.1, 0.15) is 37.0 Å². The molecule has 0 aliphatic carbocycles. The van der Waals surface area contributed by atoms with Gasteiger partial charge < -0.3 is 14.9 Å². The summed E-state index contributed by atoms with van der Waals surface area (Å²) in [5.74, 6) is -1.85. The summed E-state index contributed by atoms with van der Waals surface area (Å²) in [4.78, 5) is 43.7. The second kappa shape index (κ2) is 9.02. The van der Waals surface area contributed by atoms with Crippen molar-refractivity contribution < 1.29 is 19.5 Å². The van der Waals surface area contributed by atoms with Crippen molar-refractivity contribution >= 4 is 29.5 Å². The molecule has 26 heavy (non-hydrogen) atoms. The molecule has 0 bridgehead atoms. The maximum atomic E-state index is 12.7. The molecule has 2 atom stereocenters. The highest BCUT2D eigenvalue weighted by atomic mass is 32.2. The van der Waals surface area contributed by atoms with Crippen molar-refractivity contribution in [2.75, 3.05) is 26.7 Å². The number of carboxylic acid groups (broad SMARTS) is 1. The molecule has 2 unspecified atom stereocenters. The number of hydrogen-bond donors (Lipinski definition) is 1. The molecule has 1 aromatic heterocycles. The Kier molecular flexibility index (Phi) is 7.02. The van der Waals surface area contributed by atoms with Gasteiger partial charge in [-0.05, 0) is 31.9 Å². The number of aromatic nitrogens is 1. The number of rotatable bonds is 7. The van der Waals surface area contributed by atoms with Crippen LogP contribution in [-0.2, 0) is 9.59 Å². The van der Waals surface area contributed by atoms with E-state index >= 15 is 0 Å². The van der Waals surface area contributed by atoms with Crippen LogP contribution in [0.5, 0.6) is 0 Å². The average molecular weight is 379 g/mol. The first-order chi connectivity index (χ1) is 12.3. The van der Waals surface area contributed by atoms with Gasteiger partial charge in [0.15, 0.2) is 0 Å². The summed E-state index contributed by atoms with van der Waals surface area (Å²) in [5.41, 5.74) is 0.388. The van der Waals surface area contributed by atoms with Gasteiger partial charge in [0, 0.05) is 32.9 Å². The highest BCUT2D eigenvalue weighted by Gasteiger charge is 2.27. The number of carbonyl (C=O) groups excluding carboxylic acids is 2. The van der Waals surface area contributed by atoms with E-state index in [1.165, 1.54) is 16.7 Å². The Morgan fingerprint density at radius 2 is 1.96 bits per heavy atom. The molecule has 0 saturated carbocycles. The predicted octanol–water partition coefficient (Wildman–Crippen LogP) is 1.98. The van der Waals surface area contributed by atoms with Crippen molar-refractivity contribution in [2.45, 2.75) is 37.0 Å². The molecule has 1 aliphatic rings. The third-order valence-electron chi connectivity index (χ3n) is 4.37. The van der Waals surface area contributed by atoms with Crippen LogP contribution in [0.2, 0.25) is 0 Å². The molecule has 0 radical (unpaired) electrons. The van der Waals surface area contributed by atoms with E-state index in [0.717, 1.165) is 25.9 Å². The maximum absolute atomic E-state index is 12.7. The van der Waals surface area contributed by atoms with E-state index in [-0.39, 0.29) is 23.6 Å². The summed E-state index contributed by atoms with van der Waals surface area (Å²) in [6, 6.07) is 3.32. The number of aliphatic carboxylic acids is 1.